The fourth-order valence-electron chi connectivity index (χ4n) is 1.56. The summed E-state index contributed by atoms with van der Waals surface area (Å²) in [5.41, 5.74) is 5.47. The molecule has 1 N–H and O–H groups in total. The Morgan fingerprint density at radius 3 is 2.30 bits per heavy atom. The highest BCUT2D eigenvalue weighted by molar-refractivity contribution is 9.10. The first-order chi connectivity index (χ1) is 9.56. The number of nitro benzene ring substituents is 1. The Morgan fingerprint density at radius 2 is 1.75 bits per heavy atom. The number of nitrogens with zero attached hydrogens (tertiary/aromatic N) is 2. The number of hydrogen-bond acceptors (Lipinski definition) is 4. The largest absolute Gasteiger partial charge is 0.278 e. The van der Waals surface area contributed by atoms with Crippen molar-refractivity contribution in [3.8, 4) is 0 Å². The molecule has 0 aliphatic heterocycles. The summed E-state index contributed by atoms with van der Waals surface area (Å²) >= 11 is 3.38. The molecule has 2 aromatic carbocycles. The van der Waals surface area contributed by atoms with Gasteiger partial charge in [0.2, 0.25) is 0 Å². The lowest BCUT2D eigenvalue weighted by Crippen LogP contribution is -1.99. The summed E-state index contributed by atoms with van der Waals surface area (Å²) < 4.78 is 1.01. The number of hydrogen-bond donors (Lipinski definition) is 1. The predicted molar refractivity (Wildman–Crippen MR) is 83.1 cm³/mol. The molecule has 0 amide bonds. The summed E-state index contributed by atoms with van der Waals surface area (Å²) in [5.74, 6) is 0. The molecule has 0 fully saturated rings. The smallest absolute Gasteiger partial charge is 0.269 e. The molecule has 0 radical (unpaired) electrons. The van der Waals surface area contributed by atoms with Crippen molar-refractivity contribution in [2.45, 2.75) is 6.92 Å². The zero-order valence-corrected chi connectivity index (χ0v) is 12.3. The zero-order chi connectivity index (χ0) is 14.5. The second kappa shape index (κ2) is 6.29. The van der Waals surface area contributed by atoms with Crippen LogP contribution < -0.4 is 5.43 Å². The van der Waals surface area contributed by atoms with Gasteiger partial charge in [0.15, 0.2) is 0 Å². The number of hydrazone groups is 1. The van der Waals surface area contributed by atoms with Crippen LogP contribution in [0, 0.1) is 10.1 Å². The van der Waals surface area contributed by atoms with Crippen LogP contribution in [0.3, 0.4) is 0 Å². The summed E-state index contributed by atoms with van der Waals surface area (Å²) in [7, 11) is 0. The van der Waals surface area contributed by atoms with Crippen molar-refractivity contribution in [1.29, 1.82) is 0 Å². The third-order valence-electron chi connectivity index (χ3n) is 2.69. The van der Waals surface area contributed by atoms with Crippen LogP contribution >= 0.6 is 15.9 Å². The first-order valence-electron chi connectivity index (χ1n) is 5.87. The molecule has 0 aliphatic carbocycles. The third kappa shape index (κ3) is 3.64. The second-order valence-corrected chi connectivity index (χ2v) is 5.04. The molecule has 0 aliphatic rings. The molecule has 0 atom stereocenters. The molecular formula is C14H12BrN3O2. The van der Waals surface area contributed by atoms with E-state index in [2.05, 4.69) is 26.5 Å². The number of non-ortho nitro benzene ring substituents is 1. The zero-order valence-electron chi connectivity index (χ0n) is 10.7. The van der Waals surface area contributed by atoms with Crippen LogP contribution in [0.2, 0.25) is 0 Å². The van der Waals surface area contributed by atoms with Crippen LogP contribution in [0.25, 0.3) is 0 Å². The van der Waals surface area contributed by atoms with E-state index in [9.17, 15) is 10.1 Å². The topological polar surface area (TPSA) is 67.5 Å². The number of rotatable bonds is 4. The van der Waals surface area contributed by atoms with E-state index < -0.39 is 4.92 Å². The molecule has 0 spiro atoms. The maximum Gasteiger partial charge on any atom is 0.269 e. The molecule has 6 heteroatoms. The van der Waals surface area contributed by atoms with E-state index in [4.69, 9.17) is 0 Å². The summed E-state index contributed by atoms with van der Waals surface area (Å²) in [6.45, 7) is 1.89. The summed E-state index contributed by atoms with van der Waals surface area (Å²) in [6.07, 6.45) is 0. The average molecular weight is 334 g/mol. The number of halogens is 1. The van der Waals surface area contributed by atoms with Crippen molar-refractivity contribution < 1.29 is 4.92 Å². The molecule has 20 heavy (non-hydrogen) atoms. The van der Waals surface area contributed by atoms with E-state index in [1.807, 2.05) is 31.2 Å². The second-order valence-electron chi connectivity index (χ2n) is 4.12. The van der Waals surface area contributed by atoms with Crippen molar-refractivity contribution in [3.05, 3.63) is 68.7 Å². The van der Waals surface area contributed by atoms with Gasteiger partial charge in [0.1, 0.15) is 0 Å². The van der Waals surface area contributed by atoms with Gasteiger partial charge in [0, 0.05) is 16.6 Å². The molecule has 0 bridgehead atoms. The molecule has 0 aromatic heterocycles. The van der Waals surface area contributed by atoms with Gasteiger partial charge >= 0.3 is 0 Å². The van der Waals surface area contributed by atoms with E-state index in [0.29, 0.717) is 5.69 Å². The van der Waals surface area contributed by atoms with Crippen molar-refractivity contribution in [3.63, 3.8) is 0 Å². The Bertz CT molecular complexity index is 636. The number of nitro groups is 1. The minimum absolute atomic E-state index is 0.0594. The average Bonchev–Trinajstić information content (AvgIpc) is 2.46. The Balaban J connectivity index is 2.08. The lowest BCUT2D eigenvalue weighted by Gasteiger charge is -2.03. The molecule has 0 heterocycles. The Morgan fingerprint density at radius 1 is 1.15 bits per heavy atom. The number of anilines is 1. The Kier molecular flexibility index (Phi) is 4.47. The fraction of sp³-hybridized carbons (Fsp3) is 0.0714. The van der Waals surface area contributed by atoms with E-state index >= 15 is 0 Å². The number of benzene rings is 2. The fourth-order valence-corrected chi connectivity index (χ4v) is 1.83. The molecular weight excluding hydrogens is 322 g/mol. The maximum atomic E-state index is 10.5. The summed E-state index contributed by atoms with van der Waals surface area (Å²) in [6, 6.07) is 13.9. The lowest BCUT2D eigenvalue weighted by molar-refractivity contribution is -0.384. The van der Waals surface area contributed by atoms with Crippen LogP contribution in [-0.4, -0.2) is 10.6 Å². The van der Waals surface area contributed by atoms with Crippen molar-refractivity contribution in [1.82, 2.24) is 0 Å². The minimum atomic E-state index is -0.430. The first-order valence-corrected chi connectivity index (χ1v) is 6.66. The van der Waals surface area contributed by atoms with Gasteiger partial charge < -0.3 is 0 Å². The Hall–Kier alpha value is -2.21. The van der Waals surface area contributed by atoms with E-state index in [0.717, 1.165) is 15.7 Å². The van der Waals surface area contributed by atoms with Crippen LogP contribution in [0.1, 0.15) is 12.5 Å². The highest BCUT2D eigenvalue weighted by Crippen LogP contribution is 2.16. The predicted octanol–water partition coefficient (Wildman–Crippen LogP) is 4.19. The van der Waals surface area contributed by atoms with E-state index in [-0.39, 0.29) is 5.69 Å². The number of nitrogens with one attached hydrogen (secondary N) is 1. The van der Waals surface area contributed by atoms with Gasteiger partial charge in [-0.25, -0.2) is 0 Å². The van der Waals surface area contributed by atoms with Gasteiger partial charge in [-0.1, -0.05) is 28.1 Å². The highest BCUT2D eigenvalue weighted by Gasteiger charge is 2.03. The monoisotopic (exact) mass is 333 g/mol. The maximum absolute atomic E-state index is 10.5. The van der Waals surface area contributed by atoms with Gasteiger partial charge in [0.05, 0.1) is 16.3 Å². The van der Waals surface area contributed by atoms with Gasteiger partial charge in [-0.2, -0.15) is 5.10 Å². The molecule has 2 rings (SSSR count). The van der Waals surface area contributed by atoms with Gasteiger partial charge in [-0.3, -0.25) is 15.5 Å². The first kappa shape index (κ1) is 14.2. The molecule has 102 valence electrons. The molecule has 5 nitrogen and oxygen atoms in total. The summed E-state index contributed by atoms with van der Waals surface area (Å²) in [5, 5.41) is 14.8. The summed E-state index contributed by atoms with van der Waals surface area (Å²) in [4.78, 5) is 10.1. The Labute approximate surface area is 124 Å². The van der Waals surface area contributed by atoms with E-state index in [1.165, 1.54) is 12.1 Å². The molecule has 0 saturated heterocycles. The van der Waals surface area contributed by atoms with Crippen LogP contribution in [0.4, 0.5) is 11.4 Å². The van der Waals surface area contributed by atoms with Gasteiger partial charge in [0.25, 0.3) is 5.69 Å². The SMILES string of the molecule is C/C(=N/Nc1ccc([N+](=O)[O-])cc1)c1ccc(Br)cc1. The van der Waals surface area contributed by atoms with E-state index in [1.54, 1.807) is 12.1 Å². The molecule has 0 unspecified atom stereocenters. The highest BCUT2D eigenvalue weighted by atomic mass is 79.9. The molecule has 2 aromatic rings. The van der Waals surface area contributed by atoms with Crippen LogP contribution in [0.5, 0.6) is 0 Å². The quantitative estimate of drug-likeness (QED) is 0.518. The third-order valence-corrected chi connectivity index (χ3v) is 3.22. The minimum Gasteiger partial charge on any atom is -0.278 e. The van der Waals surface area contributed by atoms with Gasteiger partial charge in [-0.05, 0) is 36.8 Å². The molecule has 0 saturated carbocycles. The van der Waals surface area contributed by atoms with Crippen LogP contribution in [0.15, 0.2) is 58.1 Å². The van der Waals surface area contributed by atoms with Crippen molar-refractivity contribution in [2.75, 3.05) is 5.43 Å². The van der Waals surface area contributed by atoms with Crippen molar-refractivity contribution in [2.24, 2.45) is 5.10 Å². The lowest BCUT2D eigenvalue weighted by atomic mass is 10.1. The van der Waals surface area contributed by atoms with Gasteiger partial charge in [-0.15, -0.1) is 0 Å². The standard InChI is InChI=1S/C14H12BrN3O2/c1-10(11-2-4-12(15)5-3-11)16-17-13-6-8-14(9-7-13)18(19)20/h2-9,17H,1H3/b16-10-. The van der Waals surface area contributed by atoms with Crippen LogP contribution in [-0.2, 0) is 0 Å². The normalized spacial score (nSPS) is 11.2. The van der Waals surface area contributed by atoms with Crippen molar-refractivity contribution >= 4 is 33.0 Å².